The number of rotatable bonds is 6. The van der Waals surface area contributed by atoms with E-state index >= 15 is 0 Å². The maximum atomic E-state index is 13.6. The Balaban J connectivity index is 1.38. The fourth-order valence-corrected chi connectivity index (χ4v) is 3.42. The van der Waals surface area contributed by atoms with Crippen molar-refractivity contribution < 1.29 is 18.8 Å². The van der Waals surface area contributed by atoms with Crippen LogP contribution in [0.3, 0.4) is 0 Å². The molecule has 0 radical (unpaired) electrons. The smallest absolute Gasteiger partial charge is 0.325 e. The number of amides is 4. The number of hydrogen-bond acceptors (Lipinski definition) is 3. The topological polar surface area (TPSA) is 94.3 Å². The van der Waals surface area contributed by atoms with E-state index in [1.807, 2.05) is 30.5 Å². The second-order valence-electron chi connectivity index (χ2n) is 6.86. The number of imide groups is 1. The summed E-state index contributed by atoms with van der Waals surface area (Å²) in [5.41, 5.74) is 2.18. The van der Waals surface area contributed by atoms with Crippen LogP contribution in [0.15, 0.2) is 54.7 Å². The molecule has 8 heteroatoms. The molecule has 4 rings (SSSR count). The van der Waals surface area contributed by atoms with Gasteiger partial charge >= 0.3 is 6.03 Å². The highest BCUT2D eigenvalue weighted by molar-refractivity contribution is 6.06. The van der Waals surface area contributed by atoms with Crippen molar-refractivity contribution in [3.05, 3.63) is 71.7 Å². The van der Waals surface area contributed by atoms with Gasteiger partial charge in [-0.3, -0.25) is 14.5 Å². The Hall–Kier alpha value is -3.68. The minimum absolute atomic E-state index is 0.0199. The van der Waals surface area contributed by atoms with Crippen LogP contribution in [0.2, 0.25) is 0 Å². The minimum Gasteiger partial charge on any atom is -0.361 e. The molecule has 7 nitrogen and oxygen atoms in total. The third kappa shape index (κ3) is 3.82. The van der Waals surface area contributed by atoms with Crippen LogP contribution < -0.4 is 10.6 Å². The van der Waals surface area contributed by atoms with Gasteiger partial charge in [0.2, 0.25) is 5.91 Å². The fraction of sp³-hybridized carbons (Fsp3) is 0.190. The Morgan fingerprint density at radius 3 is 2.66 bits per heavy atom. The molecular formula is C21H19FN4O3. The highest BCUT2D eigenvalue weighted by Gasteiger charge is 2.39. The number of aromatic amines is 1. The molecule has 0 unspecified atom stereocenters. The number of aromatic nitrogens is 1. The monoisotopic (exact) mass is 394 g/mol. The molecule has 1 aliphatic rings. The van der Waals surface area contributed by atoms with Crippen LogP contribution in [0, 0.1) is 5.82 Å². The van der Waals surface area contributed by atoms with E-state index in [4.69, 9.17) is 0 Å². The molecule has 0 spiro atoms. The molecule has 29 heavy (non-hydrogen) atoms. The molecule has 4 amide bonds. The van der Waals surface area contributed by atoms with Gasteiger partial charge in [0.25, 0.3) is 5.91 Å². The number of benzene rings is 2. The number of hydrogen-bond donors (Lipinski definition) is 3. The molecule has 0 bridgehead atoms. The summed E-state index contributed by atoms with van der Waals surface area (Å²) in [5, 5.41) is 6.15. The number of halogens is 1. The largest absolute Gasteiger partial charge is 0.361 e. The summed E-state index contributed by atoms with van der Waals surface area (Å²) in [6.07, 6.45) is 2.13. The van der Waals surface area contributed by atoms with E-state index in [-0.39, 0.29) is 6.54 Å². The number of fused-ring (bicyclic) bond motifs is 1. The summed E-state index contributed by atoms with van der Waals surface area (Å²) in [6, 6.07) is 12.4. The third-order valence-electron chi connectivity index (χ3n) is 4.94. The zero-order valence-electron chi connectivity index (χ0n) is 15.4. The Bertz CT molecular complexity index is 1090. The summed E-state index contributed by atoms with van der Waals surface area (Å²) in [7, 11) is 0. The van der Waals surface area contributed by atoms with Gasteiger partial charge in [-0.1, -0.05) is 36.4 Å². The van der Waals surface area contributed by atoms with Gasteiger partial charge in [-0.2, -0.15) is 0 Å². The van der Waals surface area contributed by atoms with Crippen molar-refractivity contribution in [2.24, 2.45) is 0 Å². The van der Waals surface area contributed by atoms with Crippen LogP contribution >= 0.6 is 0 Å². The first-order chi connectivity index (χ1) is 14.0. The van der Waals surface area contributed by atoms with Gasteiger partial charge in [0.15, 0.2) is 0 Å². The minimum atomic E-state index is -0.735. The highest BCUT2D eigenvalue weighted by atomic mass is 19.1. The van der Waals surface area contributed by atoms with Crippen LogP contribution in [-0.2, 0) is 22.6 Å². The average molecular weight is 394 g/mol. The van der Waals surface area contributed by atoms with Crippen LogP contribution in [0.1, 0.15) is 11.1 Å². The molecule has 1 fully saturated rings. The van der Waals surface area contributed by atoms with Crippen molar-refractivity contribution in [2.75, 3.05) is 6.54 Å². The van der Waals surface area contributed by atoms with E-state index in [9.17, 15) is 18.8 Å². The number of H-pyrrole nitrogens is 1. The predicted octanol–water partition coefficient (Wildman–Crippen LogP) is 2.09. The lowest BCUT2D eigenvalue weighted by atomic mass is 10.1. The van der Waals surface area contributed by atoms with E-state index in [0.717, 1.165) is 21.4 Å². The molecule has 2 aromatic carbocycles. The van der Waals surface area contributed by atoms with Gasteiger partial charge in [-0.25, -0.2) is 9.18 Å². The van der Waals surface area contributed by atoms with Gasteiger partial charge in [0.1, 0.15) is 18.4 Å². The van der Waals surface area contributed by atoms with Crippen LogP contribution in [0.25, 0.3) is 10.9 Å². The lowest BCUT2D eigenvalue weighted by Gasteiger charge is -2.13. The first-order valence-electron chi connectivity index (χ1n) is 9.20. The molecule has 3 aromatic rings. The zero-order chi connectivity index (χ0) is 20.4. The standard InChI is InChI=1S/C21H19FN4O3/c22-16-7-3-1-5-13(16)10-24-19(27)12-26-20(28)18(25-21(26)29)9-14-11-23-17-8-4-2-6-15(14)17/h1-8,11,18,23H,9-10,12H2,(H,24,27)(H,25,29)/t18-/m0/s1. The van der Waals surface area contributed by atoms with Crippen molar-refractivity contribution in [3.8, 4) is 0 Å². The Labute approximate surface area is 165 Å². The Morgan fingerprint density at radius 1 is 1.07 bits per heavy atom. The number of carbonyl (C=O) groups is 3. The van der Waals surface area contributed by atoms with Crippen molar-refractivity contribution in [1.82, 2.24) is 20.5 Å². The number of nitrogens with one attached hydrogen (secondary N) is 3. The van der Waals surface area contributed by atoms with Crippen molar-refractivity contribution in [2.45, 2.75) is 19.0 Å². The number of nitrogens with zero attached hydrogens (tertiary/aromatic N) is 1. The van der Waals surface area contributed by atoms with Crippen molar-refractivity contribution in [1.29, 1.82) is 0 Å². The summed E-state index contributed by atoms with van der Waals surface area (Å²) < 4.78 is 13.6. The lowest BCUT2D eigenvalue weighted by Crippen LogP contribution is -2.41. The predicted molar refractivity (Wildman–Crippen MR) is 104 cm³/mol. The quantitative estimate of drug-likeness (QED) is 0.559. The maximum Gasteiger partial charge on any atom is 0.325 e. The van der Waals surface area contributed by atoms with Crippen LogP contribution in [0.5, 0.6) is 0 Å². The Kier molecular flexibility index (Phi) is 4.99. The first-order valence-corrected chi connectivity index (χ1v) is 9.20. The molecule has 3 N–H and O–H groups in total. The number of carbonyl (C=O) groups excluding carboxylic acids is 3. The highest BCUT2D eigenvalue weighted by Crippen LogP contribution is 2.21. The van der Waals surface area contributed by atoms with Gasteiger partial charge in [-0.05, 0) is 17.7 Å². The second-order valence-corrected chi connectivity index (χ2v) is 6.86. The van der Waals surface area contributed by atoms with Crippen molar-refractivity contribution in [3.63, 3.8) is 0 Å². The SMILES string of the molecule is O=C(CN1C(=O)N[C@@H](Cc2c[nH]c3ccccc23)C1=O)NCc1ccccc1F. The molecule has 2 heterocycles. The van der Waals surface area contributed by atoms with Crippen molar-refractivity contribution >= 4 is 28.7 Å². The maximum absolute atomic E-state index is 13.6. The normalized spacial score (nSPS) is 16.3. The van der Waals surface area contributed by atoms with E-state index < -0.39 is 36.2 Å². The van der Waals surface area contributed by atoms with E-state index in [2.05, 4.69) is 15.6 Å². The summed E-state index contributed by atoms with van der Waals surface area (Å²) in [4.78, 5) is 41.0. The summed E-state index contributed by atoms with van der Waals surface area (Å²) in [6.45, 7) is -0.433. The number of urea groups is 1. The van der Waals surface area contributed by atoms with Gasteiger partial charge in [-0.15, -0.1) is 0 Å². The Morgan fingerprint density at radius 2 is 1.83 bits per heavy atom. The molecule has 0 aliphatic carbocycles. The fourth-order valence-electron chi connectivity index (χ4n) is 3.42. The lowest BCUT2D eigenvalue weighted by molar-refractivity contribution is -0.132. The van der Waals surface area contributed by atoms with E-state index in [1.54, 1.807) is 18.2 Å². The second kappa shape index (κ2) is 7.75. The van der Waals surface area contributed by atoms with Crippen LogP contribution in [0.4, 0.5) is 9.18 Å². The molecule has 0 saturated carbocycles. The van der Waals surface area contributed by atoms with E-state index in [1.165, 1.54) is 6.07 Å². The molecule has 1 saturated heterocycles. The van der Waals surface area contributed by atoms with Gasteiger partial charge in [0, 0.05) is 35.6 Å². The van der Waals surface area contributed by atoms with Crippen LogP contribution in [-0.4, -0.2) is 40.3 Å². The zero-order valence-corrected chi connectivity index (χ0v) is 15.4. The summed E-state index contributed by atoms with van der Waals surface area (Å²) in [5.74, 6) is -1.42. The van der Waals surface area contributed by atoms with Gasteiger partial charge < -0.3 is 15.6 Å². The molecule has 1 aliphatic heterocycles. The molecule has 148 valence electrons. The molecule has 1 aromatic heterocycles. The first kappa shape index (κ1) is 18.7. The average Bonchev–Trinajstić information content (AvgIpc) is 3.24. The van der Waals surface area contributed by atoms with E-state index in [0.29, 0.717) is 12.0 Å². The van der Waals surface area contributed by atoms with Gasteiger partial charge in [0.05, 0.1) is 0 Å². The molecular weight excluding hydrogens is 375 g/mol. The third-order valence-corrected chi connectivity index (χ3v) is 4.94. The summed E-state index contributed by atoms with van der Waals surface area (Å²) >= 11 is 0. The number of para-hydroxylation sites is 1. The molecule has 1 atom stereocenters.